The summed E-state index contributed by atoms with van der Waals surface area (Å²) in [4.78, 5) is 13.4. The van der Waals surface area contributed by atoms with Gasteiger partial charge in [0.1, 0.15) is 5.75 Å². The number of halogens is 1. The zero-order valence-electron chi connectivity index (χ0n) is 9.70. The molecular weight excluding hydrogens is 240 g/mol. The van der Waals surface area contributed by atoms with Crippen molar-refractivity contribution in [3.8, 4) is 5.75 Å². The van der Waals surface area contributed by atoms with Gasteiger partial charge < -0.3 is 15.0 Å². The Hall–Kier alpha value is -1.42. The van der Waals surface area contributed by atoms with Crippen LogP contribution in [0.2, 0.25) is 5.02 Å². The molecule has 4 nitrogen and oxygen atoms in total. The van der Waals surface area contributed by atoms with Crippen molar-refractivity contribution < 1.29 is 9.53 Å². The molecule has 1 aromatic carbocycles. The number of nitrogens with one attached hydrogen (secondary N) is 1. The van der Waals surface area contributed by atoms with E-state index in [2.05, 4.69) is 5.32 Å². The number of ether oxygens (including phenoxy) is 1. The summed E-state index contributed by atoms with van der Waals surface area (Å²) in [6.07, 6.45) is 1.09. The summed E-state index contributed by atoms with van der Waals surface area (Å²) in [5.74, 6) is 0.696. The van der Waals surface area contributed by atoms with E-state index >= 15 is 0 Å². The fourth-order valence-corrected chi connectivity index (χ4v) is 1.83. The van der Waals surface area contributed by atoms with Crippen LogP contribution in [0.3, 0.4) is 0 Å². The van der Waals surface area contributed by atoms with Crippen LogP contribution in [0.4, 0.5) is 4.79 Å². The monoisotopic (exact) mass is 254 g/mol. The summed E-state index contributed by atoms with van der Waals surface area (Å²) < 4.78 is 5.21. The van der Waals surface area contributed by atoms with Crippen LogP contribution in [0.25, 0.3) is 0 Å². The molecule has 1 aliphatic heterocycles. The molecule has 0 atom stereocenters. The Labute approximate surface area is 106 Å². The maximum absolute atomic E-state index is 11.6. The SMILES string of the molecule is COc1cc(Cl)ccc1CNC(=O)N1CCC1. The molecule has 0 saturated carbocycles. The molecule has 0 aliphatic carbocycles. The zero-order chi connectivity index (χ0) is 12.3. The van der Waals surface area contributed by atoms with E-state index < -0.39 is 0 Å². The normalized spacial score (nSPS) is 14.1. The van der Waals surface area contributed by atoms with Gasteiger partial charge in [-0.1, -0.05) is 17.7 Å². The van der Waals surface area contributed by atoms with Crippen LogP contribution in [-0.2, 0) is 6.54 Å². The first-order valence-electron chi connectivity index (χ1n) is 5.56. The predicted octanol–water partition coefficient (Wildman–Crippen LogP) is 2.26. The Bertz CT molecular complexity index is 419. The molecule has 17 heavy (non-hydrogen) atoms. The van der Waals surface area contributed by atoms with Crippen molar-refractivity contribution in [2.75, 3.05) is 20.2 Å². The average Bonchev–Trinajstić information content (AvgIpc) is 2.24. The highest BCUT2D eigenvalue weighted by Crippen LogP contribution is 2.23. The van der Waals surface area contributed by atoms with Gasteiger partial charge in [-0.2, -0.15) is 0 Å². The Kier molecular flexibility index (Phi) is 3.74. The first-order valence-corrected chi connectivity index (χ1v) is 5.93. The van der Waals surface area contributed by atoms with Crippen LogP contribution < -0.4 is 10.1 Å². The van der Waals surface area contributed by atoms with Gasteiger partial charge in [0.2, 0.25) is 0 Å². The maximum Gasteiger partial charge on any atom is 0.317 e. The van der Waals surface area contributed by atoms with Crippen molar-refractivity contribution >= 4 is 17.6 Å². The number of rotatable bonds is 3. The number of hydrogen-bond donors (Lipinski definition) is 1. The first kappa shape index (κ1) is 12.0. The number of benzene rings is 1. The molecule has 0 radical (unpaired) electrons. The van der Waals surface area contributed by atoms with Crippen molar-refractivity contribution in [2.24, 2.45) is 0 Å². The van der Waals surface area contributed by atoms with Gasteiger partial charge in [0.25, 0.3) is 0 Å². The highest BCUT2D eigenvalue weighted by Gasteiger charge is 2.19. The number of carbonyl (C=O) groups is 1. The molecule has 5 heteroatoms. The minimum Gasteiger partial charge on any atom is -0.496 e. The second kappa shape index (κ2) is 5.27. The summed E-state index contributed by atoms with van der Waals surface area (Å²) >= 11 is 5.86. The number of hydrogen-bond acceptors (Lipinski definition) is 2. The molecule has 0 unspecified atom stereocenters. The molecule has 0 aromatic heterocycles. The van der Waals surface area contributed by atoms with Crippen LogP contribution in [0, 0.1) is 0 Å². The summed E-state index contributed by atoms with van der Waals surface area (Å²) in [6, 6.07) is 5.37. The maximum atomic E-state index is 11.6. The van der Waals surface area contributed by atoms with E-state index in [9.17, 15) is 4.79 Å². The Morgan fingerprint density at radius 3 is 2.88 bits per heavy atom. The third kappa shape index (κ3) is 2.82. The largest absolute Gasteiger partial charge is 0.496 e. The number of amides is 2. The topological polar surface area (TPSA) is 41.6 Å². The van der Waals surface area contributed by atoms with Crippen LogP contribution in [0.15, 0.2) is 18.2 Å². The van der Waals surface area contributed by atoms with Gasteiger partial charge in [0.05, 0.1) is 7.11 Å². The van der Waals surface area contributed by atoms with Crippen molar-refractivity contribution in [1.82, 2.24) is 10.2 Å². The molecule has 2 amide bonds. The minimum absolute atomic E-state index is 0.0201. The second-order valence-electron chi connectivity index (χ2n) is 3.96. The summed E-state index contributed by atoms with van der Waals surface area (Å²) in [5, 5.41) is 3.48. The number of urea groups is 1. The highest BCUT2D eigenvalue weighted by molar-refractivity contribution is 6.30. The summed E-state index contributed by atoms with van der Waals surface area (Å²) in [7, 11) is 1.59. The van der Waals surface area contributed by atoms with Crippen molar-refractivity contribution in [3.63, 3.8) is 0 Å². The van der Waals surface area contributed by atoms with E-state index in [1.807, 2.05) is 6.07 Å². The summed E-state index contributed by atoms with van der Waals surface area (Å²) in [5.41, 5.74) is 0.922. The third-order valence-corrected chi connectivity index (χ3v) is 3.06. The molecule has 0 bridgehead atoms. The van der Waals surface area contributed by atoms with E-state index in [0.717, 1.165) is 25.1 Å². The molecule has 0 spiro atoms. The van der Waals surface area contributed by atoms with Gasteiger partial charge in [0.15, 0.2) is 0 Å². The van der Waals surface area contributed by atoms with Gasteiger partial charge >= 0.3 is 6.03 Å². The second-order valence-corrected chi connectivity index (χ2v) is 4.39. The molecular formula is C12H15ClN2O2. The van der Waals surface area contributed by atoms with Crippen molar-refractivity contribution in [2.45, 2.75) is 13.0 Å². The highest BCUT2D eigenvalue weighted by atomic mass is 35.5. The van der Waals surface area contributed by atoms with E-state index in [1.54, 1.807) is 24.1 Å². The Morgan fingerprint density at radius 1 is 1.53 bits per heavy atom. The lowest BCUT2D eigenvalue weighted by atomic mass is 10.2. The predicted molar refractivity (Wildman–Crippen MR) is 66.4 cm³/mol. The van der Waals surface area contributed by atoms with Crippen LogP contribution in [0.5, 0.6) is 5.75 Å². The summed E-state index contributed by atoms with van der Waals surface area (Å²) in [6.45, 7) is 2.16. The van der Waals surface area contributed by atoms with Crippen LogP contribution >= 0.6 is 11.6 Å². The van der Waals surface area contributed by atoms with E-state index in [-0.39, 0.29) is 6.03 Å². The zero-order valence-corrected chi connectivity index (χ0v) is 10.5. The van der Waals surface area contributed by atoms with Crippen LogP contribution in [-0.4, -0.2) is 31.1 Å². The van der Waals surface area contributed by atoms with Crippen molar-refractivity contribution in [1.29, 1.82) is 0 Å². The molecule has 92 valence electrons. The number of nitrogens with zero attached hydrogens (tertiary/aromatic N) is 1. The smallest absolute Gasteiger partial charge is 0.317 e. The molecule has 1 N–H and O–H groups in total. The van der Waals surface area contributed by atoms with Gasteiger partial charge in [0, 0.05) is 30.2 Å². The van der Waals surface area contributed by atoms with Gasteiger partial charge in [-0.05, 0) is 18.6 Å². The van der Waals surface area contributed by atoms with E-state index in [0.29, 0.717) is 17.3 Å². The molecule has 1 aromatic rings. The quantitative estimate of drug-likeness (QED) is 0.899. The lowest BCUT2D eigenvalue weighted by Crippen LogP contribution is -2.47. The molecule has 1 heterocycles. The van der Waals surface area contributed by atoms with Crippen LogP contribution in [0.1, 0.15) is 12.0 Å². The Balaban J connectivity index is 1.95. The Morgan fingerprint density at radius 2 is 2.29 bits per heavy atom. The lowest BCUT2D eigenvalue weighted by molar-refractivity contribution is 0.167. The first-order chi connectivity index (χ1) is 8.20. The third-order valence-electron chi connectivity index (χ3n) is 2.82. The fourth-order valence-electron chi connectivity index (χ4n) is 1.67. The molecule has 1 fully saturated rings. The fraction of sp³-hybridized carbons (Fsp3) is 0.417. The average molecular weight is 255 g/mol. The number of methoxy groups -OCH3 is 1. The van der Waals surface area contributed by atoms with Gasteiger partial charge in [-0.25, -0.2) is 4.79 Å². The van der Waals surface area contributed by atoms with E-state index in [4.69, 9.17) is 16.3 Å². The minimum atomic E-state index is -0.0201. The van der Waals surface area contributed by atoms with Gasteiger partial charge in [-0.3, -0.25) is 0 Å². The molecule has 1 saturated heterocycles. The number of carbonyl (C=O) groups excluding carboxylic acids is 1. The van der Waals surface area contributed by atoms with Gasteiger partial charge in [-0.15, -0.1) is 0 Å². The standard InChI is InChI=1S/C12H15ClN2O2/c1-17-11-7-10(13)4-3-9(11)8-14-12(16)15-5-2-6-15/h3-4,7H,2,5-6,8H2,1H3,(H,14,16). The van der Waals surface area contributed by atoms with E-state index in [1.165, 1.54) is 0 Å². The van der Waals surface area contributed by atoms with Crippen molar-refractivity contribution in [3.05, 3.63) is 28.8 Å². The lowest BCUT2D eigenvalue weighted by Gasteiger charge is -2.30. The molecule has 2 rings (SSSR count). The number of likely N-dealkylation sites (tertiary alicyclic amines) is 1. The molecule has 1 aliphatic rings.